The second kappa shape index (κ2) is 14.5. The van der Waals surface area contributed by atoms with Crippen LogP contribution in [0.1, 0.15) is 46.0 Å². The van der Waals surface area contributed by atoms with Crippen molar-refractivity contribution in [2.75, 3.05) is 33.0 Å². The van der Waals surface area contributed by atoms with Gasteiger partial charge in [0.05, 0.1) is 19.8 Å². The van der Waals surface area contributed by atoms with Gasteiger partial charge in [-0.15, -0.1) is 0 Å². The molecule has 20 heavy (non-hydrogen) atoms. The van der Waals surface area contributed by atoms with Gasteiger partial charge in [0.25, 0.3) is 0 Å². The fourth-order valence-corrected chi connectivity index (χ4v) is 1.72. The molecule has 5 nitrogen and oxygen atoms in total. The summed E-state index contributed by atoms with van der Waals surface area (Å²) in [7, 11) is 0. The molecule has 0 atom stereocenters. The maximum Gasteiger partial charge on any atom is 0.220 e. The highest BCUT2D eigenvalue weighted by atomic mass is 16.5. The molecular formula is C15H29NO4. The van der Waals surface area contributed by atoms with E-state index >= 15 is 0 Å². The summed E-state index contributed by atoms with van der Waals surface area (Å²) < 4.78 is 10.2. The van der Waals surface area contributed by atoms with E-state index in [9.17, 15) is 9.59 Å². The minimum Gasteiger partial charge on any atom is -0.377 e. The standard InChI is InChI=1S/C15H29NO4/c1-14(2)6-4-3-5-7-15(18)16-8-10-19-12-13-20-11-9-17/h9,14H,3-8,10-13H2,1-2H3,(H,16,18). The van der Waals surface area contributed by atoms with E-state index in [4.69, 9.17) is 9.47 Å². The van der Waals surface area contributed by atoms with E-state index in [1.54, 1.807) is 0 Å². The molecule has 0 bridgehead atoms. The molecule has 0 fully saturated rings. The Morgan fingerprint density at radius 2 is 1.85 bits per heavy atom. The summed E-state index contributed by atoms with van der Waals surface area (Å²) in [6, 6.07) is 0. The van der Waals surface area contributed by atoms with Crippen LogP contribution in [0.15, 0.2) is 0 Å². The van der Waals surface area contributed by atoms with Crippen LogP contribution >= 0.6 is 0 Å². The Morgan fingerprint density at radius 3 is 2.55 bits per heavy atom. The third-order valence-corrected chi connectivity index (χ3v) is 2.81. The number of amides is 1. The van der Waals surface area contributed by atoms with Gasteiger partial charge < -0.3 is 19.6 Å². The molecule has 1 N–H and O–H groups in total. The maximum atomic E-state index is 11.5. The van der Waals surface area contributed by atoms with Gasteiger partial charge >= 0.3 is 0 Å². The topological polar surface area (TPSA) is 64.6 Å². The molecule has 0 aliphatic heterocycles. The minimum absolute atomic E-state index is 0.0929. The monoisotopic (exact) mass is 287 g/mol. The van der Waals surface area contributed by atoms with E-state index in [2.05, 4.69) is 19.2 Å². The first-order valence-corrected chi connectivity index (χ1v) is 7.52. The molecule has 0 spiro atoms. The van der Waals surface area contributed by atoms with Crippen LogP contribution in [-0.2, 0) is 19.1 Å². The van der Waals surface area contributed by atoms with E-state index in [1.165, 1.54) is 12.8 Å². The number of rotatable bonds is 14. The number of ether oxygens (including phenoxy) is 2. The largest absolute Gasteiger partial charge is 0.377 e. The highest BCUT2D eigenvalue weighted by Crippen LogP contribution is 2.09. The Hall–Kier alpha value is -0.940. The van der Waals surface area contributed by atoms with Gasteiger partial charge in [0.15, 0.2) is 0 Å². The summed E-state index contributed by atoms with van der Waals surface area (Å²) in [6.07, 6.45) is 5.83. The third-order valence-electron chi connectivity index (χ3n) is 2.81. The van der Waals surface area contributed by atoms with Crippen LogP contribution < -0.4 is 5.32 Å². The average Bonchev–Trinajstić information content (AvgIpc) is 2.41. The SMILES string of the molecule is CC(C)CCCCCC(=O)NCCOCCOCC=O. The molecule has 0 aliphatic rings. The molecule has 1 amide bonds. The quantitative estimate of drug-likeness (QED) is 0.392. The first-order valence-electron chi connectivity index (χ1n) is 7.52. The lowest BCUT2D eigenvalue weighted by Gasteiger charge is -2.07. The van der Waals surface area contributed by atoms with Gasteiger partial charge in [-0.25, -0.2) is 0 Å². The van der Waals surface area contributed by atoms with E-state index in [1.807, 2.05) is 0 Å². The van der Waals surface area contributed by atoms with E-state index in [-0.39, 0.29) is 12.5 Å². The van der Waals surface area contributed by atoms with E-state index < -0.39 is 0 Å². The molecule has 0 aromatic rings. The Bertz CT molecular complexity index is 244. The van der Waals surface area contributed by atoms with Crippen molar-refractivity contribution in [3.05, 3.63) is 0 Å². The second-order valence-electron chi connectivity index (χ2n) is 5.20. The van der Waals surface area contributed by atoms with Crippen LogP contribution in [0, 0.1) is 5.92 Å². The second-order valence-corrected chi connectivity index (χ2v) is 5.20. The summed E-state index contributed by atoms with van der Waals surface area (Å²) >= 11 is 0. The molecule has 0 aliphatic carbocycles. The normalized spacial score (nSPS) is 10.8. The lowest BCUT2D eigenvalue weighted by Crippen LogP contribution is -2.27. The Kier molecular flexibility index (Phi) is 13.8. The maximum absolute atomic E-state index is 11.5. The Labute approximate surface area is 122 Å². The summed E-state index contributed by atoms with van der Waals surface area (Å²) in [5, 5.41) is 2.82. The molecule has 0 aromatic heterocycles. The third kappa shape index (κ3) is 15.1. The van der Waals surface area contributed by atoms with Crippen molar-refractivity contribution in [1.29, 1.82) is 0 Å². The number of carbonyl (C=O) groups is 2. The molecular weight excluding hydrogens is 258 g/mol. The highest BCUT2D eigenvalue weighted by molar-refractivity contribution is 5.75. The van der Waals surface area contributed by atoms with Crippen molar-refractivity contribution >= 4 is 12.2 Å². The number of carbonyl (C=O) groups excluding carboxylic acids is 2. The van der Waals surface area contributed by atoms with Crippen LogP contribution in [0.2, 0.25) is 0 Å². The number of aldehydes is 1. The molecule has 0 unspecified atom stereocenters. The lowest BCUT2D eigenvalue weighted by atomic mass is 10.0. The molecule has 0 aromatic carbocycles. The van der Waals surface area contributed by atoms with Gasteiger partial charge in [-0.1, -0.05) is 33.1 Å². The van der Waals surface area contributed by atoms with Gasteiger partial charge in [-0.3, -0.25) is 4.79 Å². The highest BCUT2D eigenvalue weighted by Gasteiger charge is 2.01. The Morgan fingerprint density at radius 1 is 1.10 bits per heavy atom. The number of hydrogen-bond donors (Lipinski definition) is 1. The van der Waals surface area contributed by atoms with Gasteiger partial charge in [-0.05, 0) is 12.3 Å². The van der Waals surface area contributed by atoms with Crippen LogP contribution in [-0.4, -0.2) is 45.2 Å². The van der Waals surface area contributed by atoms with Gasteiger partial charge in [0.1, 0.15) is 12.9 Å². The minimum atomic E-state index is 0.0929. The first-order chi connectivity index (χ1) is 9.66. The predicted octanol–water partition coefficient (Wildman–Crippen LogP) is 1.94. The van der Waals surface area contributed by atoms with Crippen LogP contribution in [0.4, 0.5) is 0 Å². The van der Waals surface area contributed by atoms with E-state index in [0.29, 0.717) is 39.1 Å². The molecule has 0 heterocycles. The Balaban J connectivity index is 3.18. The summed E-state index contributed by atoms with van der Waals surface area (Å²) in [5.41, 5.74) is 0. The van der Waals surface area contributed by atoms with Crippen molar-refractivity contribution < 1.29 is 19.1 Å². The van der Waals surface area contributed by atoms with Gasteiger partial charge in [-0.2, -0.15) is 0 Å². The molecule has 0 saturated heterocycles. The zero-order chi connectivity index (χ0) is 15.1. The van der Waals surface area contributed by atoms with Crippen LogP contribution in [0.5, 0.6) is 0 Å². The summed E-state index contributed by atoms with van der Waals surface area (Å²) in [5.74, 6) is 0.840. The van der Waals surface area contributed by atoms with Crippen LogP contribution in [0.25, 0.3) is 0 Å². The fraction of sp³-hybridized carbons (Fsp3) is 0.867. The number of unbranched alkanes of at least 4 members (excludes halogenated alkanes) is 2. The average molecular weight is 287 g/mol. The zero-order valence-corrected chi connectivity index (χ0v) is 12.9. The van der Waals surface area contributed by atoms with Crippen molar-refractivity contribution in [3.63, 3.8) is 0 Å². The molecule has 118 valence electrons. The van der Waals surface area contributed by atoms with E-state index in [0.717, 1.165) is 18.8 Å². The van der Waals surface area contributed by atoms with Gasteiger partial charge in [0, 0.05) is 13.0 Å². The van der Waals surface area contributed by atoms with Crippen molar-refractivity contribution in [3.8, 4) is 0 Å². The summed E-state index contributed by atoms with van der Waals surface area (Å²) in [6.45, 7) is 6.40. The molecule has 5 heteroatoms. The zero-order valence-electron chi connectivity index (χ0n) is 12.9. The molecule has 0 radical (unpaired) electrons. The smallest absolute Gasteiger partial charge is 0.220 e. The lowest BCUT2D eigenvalue weighted by molar-refractivity contribution is -0.121. The summed E-state index contributed by atoms with van der Waals surface area (Å²) in [4.78, 5) is 21.4. The van der Waals surface area contributed by atoms with Crippen LogP contribution in [0.3, 0.4) is 0 Å². The van der Waals surface area contributed by atoms with Gasteiger partial charge in [0.2, 0.25) is 5.91 Å². The number of nitrogens with one attached hydrogen (secondary N) is 1. The van der Waals surface area contributed by atoms with Crippen molar-refractivity contribution in [2.24, 2.45) is 5.92 Å². The van der Waals surface area contributed by atoms with Crippen molar-refractivity contribution in [2.45, 2.75) is 46.0 Å². The predicted molar refractivity (Wildman–Crippen MR) is 78.6 cm³/mol. The first kappa shape index (κ1) is 19.1. The van der Waals surface area contributed by atoms with Crippen molar-refractivity contribution in [1.82, 2.24) is 5.32 Å². The molecule has 0 saturated carbocycles. The molecule has 0 rings (SSSR count). The fourth-order valence-electron chi connectivity index (χ4n) is 1.72. The number of hydrogen-bond acceptors (Lipinski definition) is 4.